The normalized spacial score (nSPS) is 17.6. The van der Waals surface area contributed by atoms with Crippen molar-refractivity contribution in [2.24, 2.45) is 0 Å². The SMILES string of the molecule is COc1ccccc1NC(=O)CC1C(=O)NCCN1S(=O)(=O)c1ccccc1. The summed E-state index contributed by atoms with van der Waals surface area (Å²) < 4.78 is 32.2. The third-order valence-electron chi connectivity index (χ3n) is 4.39. The van der Waals surface area contributed by atoms with Crippen molar-refractivity contribution >= 4 is 27.5 Å². The van der Waals surface area contributed by atoms with Crippen LogP contribution < -0.4 is 15.4 Å². The fraction of sp³-hybridized carbons (Fsp3) is 0.263. The Morgan fingerprint density at radius 3 is 2.57 bits per heavy atom. The summed E-state index contributed by atoms with van der Waals surface area (Å²) in [5.74, 6) is -0.515. The van der Waals surface area contributed by atoms with Gasteiger partial charge >= 0.3 is 0 Å². The number of sulfonamides is 1. The minimum absolute atomic E-state index is 0.0832. The van der Waals surface area contributed by atoms with E-state index in [1.165, 1.54) is 19.2 Å². The standard InChI is InChI=1S/C19H21N3O5S/c1-27-17-10-6-5-9-15(17)21-18(23)13-16-19(24)20-11-12-22(16)28(25,26)14-7-3-2-4-8-14/h2-10,16H,11-13H2,1H3,(H,20,24)(H,21,23). The second-order valence-electron chi connectivity index (χ2n) is 6.19. The average molecular weight is 403 g/mol. The summed E-state index contributed by atoms with van der Waals surface area (Å²) >= 11 is 0. The number of benzene rings is 2. The van der Waals surface area contributed by atoms with E-state index in [1.807, 2.05) is 0 Å². The van der Waals surface area contributed by atoms with Gasteiger partial charge in [0.05, 0.1) is 24.1 Å². The van der Waals surface area contributed by atoms with E-state index in [1.54, 1.807) is 42.5 Å². The highest BCUT2D eigenvalue weighted by Gasteiger charge is 2.39. The smallest absolute Gasteiger partial charge is 0.243 e. The molecule has 2 amide bonds. The molecule has 0 spiro atoms. The Kier molecular flexibility index (Phi) is 5.96. The molecule has 1 aliphatic rings. The van der Waals surface area contributed by atoms with Crippen molar-refractivity contribution in [1.82, 2.24) is 9.62 Å². The van der Waals surface area contributed by atoms with Crippen LogP contribution in [0.15, 0.2) is 59.5 Å². The van der Waals surface area contributed by atoms with Crippen molar-refractivity contribution in [3.63, 3.8) is 0 Å². The molecular formula is C19H21N3O5S. The van der Waals surface area contributed by atoms with Crippen molar-refractivity contribution in [1.29, 1.82) is 0 Å². The van der Waals surface area contributed by atoms with Gasteiger partial charge in [-0.15, -0.1) is 0 Å². The van der Waals surface area contributed by atoms with Crippen LogP contribution in [0.2, 0.25) is 0 Å². The summed E-state index contributed by atoms with van der Waals surface area (Å²) in [6, 6.07) is 13.6. The van der Waals surface area contributed by atoms with Crippen molar-refractivity contribution in [2.75, 3.05) is 25.5 Å². The summed E-state index contributed by atoms with van der Waals surface area (Å²) in [6.45, 7) is 0.283. The number of methoxy groups -OCH3 is 1. The molecule has 1 aliphatic heterocycles. The summed E-state index contributed by atoms with van der Waals surface area (Å²) in [5, 5.41) is 5.30. The number of hydrogen-bond donors (Lipinski definition) is 2. The number of amides is 2. The Morgan fingerprint density at radius 2 is 1.86 bits per heavy atom. The van der Waals surface area contributed by atoms with Gasteiger partial charge in [-0.2, -0.15) is 4.31 Å². The second kappa shape index (κ2) is 8.41. The first-order chi connectivity index (χ1) is 13.4. The number of carbonyl (C=O) groups excluding carboxylic acids is 2. The number of hydrogen-bond acceptors (Lipinski definition) is 5. The molecule has 0 radical (unpaired) electrons. The molecule has 2 aromatic rings. The molecule has 0 aromatic heterocycles. The van der Waals surface area contributed by atoms with E-state index >= 15 is 0 Å². The minimum Gasteiger partial charge on any atom is -0.495 e. The highest BCUT2D eigenvalue weighted by Crippen LogP contribution is 2.25. The second-order valence-corrected chi connectivity index (χ2v) is 8.08. The summed E-state index contributed by atoms with van der Waals surface area (Å²) in [5.41, 5.74) is 0.448. The van der Waals surface area contributed by atoms with Crippen LogP contribution in [0, 0.1) is 0 Å². The number of rotatable bonds is 6. The van der Waals surface area contributed by atoms with Crippen molar-refractivity contribution in [3.05, 3.63) is 54.6 Å². The summed E-state index contributed by atoms with van der Waals surface area (Å²) in [6.07, 6.45) is -0.310. The molecule has 9 heteroatoms. The van der Waals surface area contributed by atoms with E-state index in [4.69, 9.17) is 4.74 Å². The van der Waals surface area contributed by atoms with Gasteiger partial charge < -0.3 is 15.4 Å². The first kappa shape index (κ1) is 19.8. The first-order valence-corrected chi connectivity index (χ1v) is 10.1. The summed E-state index contributed by atoms with van der Waals surface area (Å²) in [4.78, 5) is 25.0. The Labute approximate surface area is 163 Å². The number of ether oxygens (including phenoxy) is 1. The number of nitrogens with zero attached hydrogens (tertiary/aromatic N) is 1. The van der Waals surface area contributed by atoms with Crippen LogP contribution >= 0.6 is 0 Å². The lowest BCUT2D eigenvalue weighted by Gasteiger charge is -2.33. The molecule has 0 aliphatic carbocycles. The molecule has 1 heterocycles. The molecule has 1 saturated heterocycles. The van der Waals surface area contributed by atoms with Gasteiger partial charge in [0.2, 0.25) is 21.8 Å². The lowest BCUT2D eigenvalue weighted by atomic mass is 10.1. The average Bonchev–Trinajstić information content (AvgIpc) is 2.70. The number of carbonyl (C=O) groups is 2. The largest absolute Gasteiger partial charge is 0.495 e. The maximum absolute atomic E-state index is 13.0. The van der Waals surface area contributed by atoms with E-state index in [0.29, 0.717) is 11.4 Å². The van der Waals surface area contributed by atoms with Gasteiger partial charge in [-0.25, -0.2) is 8.42 Å². The lowest BCUT2D eigenvalue weighted by molar-refractivity contribution is -0.130. The monoisotopic (exact) mass is 403 g/mol. The lowest BCUT2D eigenvalue weighted by Crippen LogP contribution is -2.57. The van der Waals surface area contributed by atoms with E-state index in [-0.39, 0.29) is 24.4 Å². The van der Waals surface area contributed by atoms with Gasteiger partial charge in [0, 0.05) is 13.1 Å². The first-order valence-electron chi connectivity index (χ1n) is 8.71. The number of para-hydroxylation sites is 2. The van der Waals surface area contributed by atoms with Crippen LogP contribution in [0.25, 0.3) is 0 Å². The van der Waals surface area contributed by atoms with E-state index in [2.05, 4.69) is 10.6 Å². The van der Waals surface area contributed by atoms with Crippen LogP contribution in [0.3, 0.4) is 0 Å². The molecule has 1 atom stereocenters. The number of nitrogens with one attached hydrogen (secondary N) is 2. The molecule has 0 saturated carbocycles. The fourth-order valence-electron chi connectivity index (χ4n) is 3.03. The van der Waals surface area contributed by atoms with Gasteiger partial charge in [0.1, 0.15) is 11.8 Å². The van der Waals surface area contributed by atoms with Crippen LogP contribution in [0.5, 0.6) is 5.75 Å². The highest BCUT2D eigenvalue weighted by atomic mass is 32.2. The third kappa shape index (κ3) is 4.15. The Morgan fingerprint density at radius 1 is 1.18 bits per heavy atom. The topological polar surface area (TPSA) is 105 Å². The van der Waals surface area contributed by atoms with E-state index in [0.717, 1.165) is 4.31 Å². The molecule has 8 nitrogen and oxygen atoms in total. The van der Waals surface area contributed by atoms with Crippen LogP contribution in [0.4, 0.5) is 5.69 Å². The van der Waals surface area contributed by atoms with Crippen LogP contribution in [-0.4, -0.2) is 50.8 Å². The van der Waals surface area contributed by atoms with Crippen LogP contribution in [0.1, 0.15) is 6.42 Å². The van der Waals surface area contributed by atoms with E-state index < -0.39 is 27.9 Å². The quantitative estimate of drug-likeness (QED) is 0.754. The van der Waals surface area contributed by atoms with Crippen molar-refractivity contribution in [3.8, 4) is 5.75 Å². The molecule has 0 bridgehead atoms. The number of anilines is 1. The maximum Gasteiger partial charge on any atom is 0.243 e. The zero-order chi connectivity index (χ0) is 20.1. The number of piperazine rings is 1. The van der Waals surface area contributed by atoms with Crippen LogP contribution in [-0.2, 0) is 19.6 Å². The predicted octanol–water partition coefficient (Wildman–Crippen LogP) is 1.21. The Bertz CT molecular complexity index is 963. The Balaban J connectivity index is 1.81. The van der Waals surface area contributed by atoms with Gasteiger partial charge in [-0.3, -0.25) is 9.59 Å². The molecule has 2 N–H and O–H groups in total. The molecule has 1 fully saturated rings. The van der Waals surface area contributed by atoms with Crippen molar-refractivity contribution in [2.45, 2.75) is 17.4 Å². The van der Waals surface area contributed by atoms with Gasteiger partial charge in [0.25, 0.3) is 0 Å². The minimum atomic E-state index is -3.91. The van der Waals surface area contributed by atoms with E-state index in [9.17, 15) is 18.0 Å². The highest BCUT2D eigenvalue weighted by molar-refractivity contribution is 7.89. The van der Waals surface area contributed by atoms with Crippen molar-refractivity contribution < 1.29 is 22.7 Å². The zero-order valence-corrected chi connectivity index (χ0v) is 16.1. The predicted molar refractivity (Wildman–Crippen MR) is 103 cm³/mol. The molecule has 28 heavy (non-hydrogen) atoms. The molecular weight excluding hydrogens is 382 g/mol. The fourth-order valence-corrected chi connectivity index (χ4v) is 4.64. The zero-order valence-electron chi connectivity index (χ0n) is 15.3. The molecule has 1 unspecified atom stereocenters. The molecule has 148 valence electrons. The third-order valence-corrected chi connectivity index (χ3v) is 6.31. The van der Waals surface area contributed by atoms with Gasteiger partial charge in [0.15, 0.2) is 0 Å². The summed E-state index contributed by atoms with van der Waals surface area (Å²) in [7, 11) is -2.43. The molecule has 2 aromatic carbocycles. The molecule has 3 rings (SSSR count). The van der Waals surface area contributed by atoms with Gasteiger partial charge in [-0.1, -0.05) is 30.3 Å². The maximum atomic E-state index is 13.0. The van der Waals surface area contributed by atoms with Gasteiger partial charge in [-0.05, 0) is 24.3 Å². The Hall–Kier alpha value is -2.91.